The Hall–Kier alpha value is -2.39. The molecule has 1 atom stereocenters. The van der Waals surface area contributed by atoms with Crippen LogP contribution in [0.1, 0.15) is 42.1 Å². The predicted molar refractivity (Wildman–Crippen MR) is 109 cm³/mol. The van der Waals surface area contributed by atoms with Crippen molar-refractivity contribution in [3.05, 3.63) is 40.4 Å². The number of aryl methyl sites for hydroxylation is 1. The molecule has 30 heavy (non-hydrogen) atoms. The molecule has 0 spiro atoms. The molecule has 2 amide bonds. The summed E-state index contributed by atoms with van der Waals surface area (Å²) in [7, 11) is 0. The fourth-order valence-electron chi connectivity index (χ4n) is 3.61. The van der Waals surface area contributed by atoms with Gasteiger partial charge in [0.15, 0.2) is 5.13 Å². The topological polar surface area (TPSA) is 71.5 Å². The third-order valence-electron chi connectivity index (χ3n) is 5.83. The van der Waals surface area contributed by atoms with E-state index in [0.29, 0.717) is 4.88 Å². The first-order chi connectivity index (χ1) is 14.2. The molecule has 2 heterocycles. The average molecular weight is 435 g/mol. The van der Waals surface area contributed by atoms with E-state index in [2.05, 4.69) is 24.1 Å². The van der Waals surface area contributed by atoms with Crippen molar-refractivity contribution >= 4 is 34.0 Å². The molecule has 2 aliphatic rings. The molecule has 0 bridgehead atoms. The first kappa shape index (κ1) is 20.9. The molecule has 2 aromatic rings. The number of benzene rings is 1. The Morgan fingerprint density at radius 1 is 1.23 bits per heavy atom. The first-order valence-electron chi connectivity index (χ1n) is 9.82. The number of anilines is 2. The number of hydrogen-bond acceptors (Lipinski definition) is 5. The molecule has 1 aromatic heterocycles. The van der Waals surface area contributed by atoms with E-state index in [-0.39, 0.29) is 53.0 Å². The van der Waals surface area contributed by atoms with Gasteiger partial charge in [0, 0.05) is 17.0 Å². The van der Waals surface area contributed by atoms with Crippen LogP contribution in [0.5, 0.6) is 0 Å². The van der Waals surface area contributed by atoms with Crippen LogP contribution in [-0.4, -0.2) is 36.1 Å². The van der Waals surface area contributed by atoms with E-state index in [1.54, 1.807) is 6.92 Å². The van der Waals surface area contributed by atoms with Gasteiger partial charge in [-0.15, -0.1) is 11.3 Å². The normalized spacial score (nSPS) is 20.2. The van der Waals surface area contributed by atoms with Gasteiger partial charge in [0.1, 0.15) is 17.3 Å². The minimum absolute atomic E-state index is 0.0326. The second-order valence-electron chi connectivity index (χ2n) is 8.49. The van der Waals surface area contributed by atoms with E-state index < -0.39 is 17.6 Å². The summed E-state index contributed by atoms with van der Waals surface area (Å²) >= 11 is 1.14. The van der Waals surface area contributed by atoms with Crippen LogP contribution in [0, 0.1) is 29.9 Å². The van der Waals surface area contributed by atoms with Crippen LogP contribution in [0.15, 0.2) is 18.2 Å². The standard InChI is InChI=1S/C21H23F2N3O3S/c1-11-17(18(27)24-16-4-5-21(16,2)3)25-20(30-11)26(19(28)12-9-29-10-12)15-7-13(22)6-14(23)8-15/h6-8,12,16H,4-5,9-10H2,1-3H3,(H,24,27)/t16-/m0/s1. The van der Waals surface area contributed by atoms with E-state index >= 15 is 0 Å². The third-order valence-corrected chi connectivity index (χ3v) is 6.79. The minimum atomic E-state index is -0.800. The zero-order chi connectivity index (χ0) is 21.6. The van der Waals surface area contributed by atoms with E-state index in [1.165, 1.54) is 4.90 Å². The van der Waals surface area contributed by atoms with Gasteiger partial charge in [-0.2, -0.15) is 0 Å². The molecular weight excluding hydrogens is 412 g/mol. The van der Waals surface area contributed by atoms with E-state index in [0.717, 1.165) is 42.4 Å². The van der Waals surface area contributed by atoms with Crippen LogP contribution in [0.2, 0.25) is 0 Å². The Balaban J connectivity index is 1.66. The van der Waals surface area contributed by atoms with Gasteiger partial charge in [-0.25, -0.2) is 13.8 Å². The van der Waals surface area contributed by atoms with Gasteiger partial charge in [-0.3, -0.25) is 14.5 Å². The molecule has 160 valence electrons. The van der Waals surface area contributed by atoms with Crippen molar-refractivity contribution in [1.29, 1.82) is 0 Å². The summed E-state index contributed by atoms with van der Waals surface area (Å²) in [4.78, 5) is 32.0. The number of halogens is 2. The van der Waals surface area contributed by atoms with Crippen molar-refractivity contribution in [3.8, 4) is 0 Å². The fraction of sp³-hybridized carbons (Fsp3) is 0.476. The molecule has 6 nitrogen and oxygen atoms in total. The smallest absolute Gasteiger partial charge is 0.271 e. The molecular formula is C21H23F2N3O3S. The lowest BCUT2D eigenvalue weighted by Gasteiger charge is -2.44. The molecule has 0 unspecified atom stereocenters. The van der Waals surface area contributed by atoms with Crippen molar-refractivity contribution in [2.75, 3.05) is 18.1 Å². The van der Waals surface area contributed by atoms with Crippen LogP contribution >= 0.6 is 11.3 Å². The van der Waals surface area contributed by atoms with Crippen molar-refractivity contribution in [2.24, 2.45) is 11.3 Å². The molecule has 1 aliphatic carbocycles. The zero-order valence-electron chi connectivity index (χ0n) is 17.0. The molecule has 1 aliphatic heterocycles. The number of nitrogens with zero attached hydrogens (tertiary/aromatic N) is 2. The number of amides is 2. The van der Waals surface area contributed by atoms with Crippen molar-refractivity contribution in [3.63, 3.8) is 0 Å². The number of thiazole rings is 1. The fourth-order valence-corrected chi connectivity index (χ4v) is 4.54. The first-order valence-corrected chi connectivity index (χ1v) is 10.6. The molecule has 1 saturated carbocycles. The molecule has 1 N–H and O–H groups in total. The van der Waals surface area contributed by atoms with E-state index in [1.807, 2.05) is 0 Å². The SMILES string of the molecule is Cc1sc(N(C(=O)C2COC2)c2cc(F)cc(F)c2)nc1C(=O)N[C@H]1CCC1(C)C. The lowest BCUT2D eigenvalue weighted by Crippen LogP contribution is -2.52. The third kappa shape index (κ3) is 3.83. The summed E-state index contributed by atoms with van der Waals surface area (Å²) in [5.41, 5.74) is 0.288. The second-order valence-corrected chi connectivity index (χ2v) is 9.67. The van der Waals surface area contributed by atoms with Gasteiger partial charge in [0.05, 0.1) is 24.8 Å². The number of hydrogen-bond donors (Lipinski definition) is 1. The number of carbonyl (C=O) groups is 2. The predicted octanol–water partition coefficient (Wildman–Crippen LogP) is 3.96. The Bertz CT molecular complexity index is 983. The lowest BCUT2D eigenvalue weighted by atomic mass is 9.67. The number of rotatable bonds is 5. The van der Waals surface area contributed by atoms with Crippen LogP contribution in [0.25, 0.3) is 0 Å². The van der Waals surface area contributed by atoms with Crippen molar-refractivity contribution in [2.45, 2.75) is 39.7 Å². The summed E-state index contributed by atoms with van der Waals surface area (Å²) in [6.45, 7) is 6.41. The van der Waals surface area contributed by atoms with Crippen molar-refractivity contribution in [1.82, 2.24) is 10.3 Å². The number of aromatic nitrogens is 1. The van der Waals surface area contributed by atoms with Crippen LogP contribution in [-0.2, 0) is 9.53 Å². The molecule has 9 heteroatoms. The zero-order valence-corrected chi connectivity index (χ0v) is 17.8. The highest BCUT2D eigenvalue weighted by atomic mass is 32.1. The molecule has 1 saturated heterocycles. The molecule has 2 fully saturated rings. The Labute approximate surface area is 177 Å². The highest BCUT2D eigenvalue weighted by Gasteiger charge is 2.40. The molecule has 4 rings (SSSR count). The van der Waals surface area contributed by atoms with Gasteiger partial charge >= 0.3 is 0 Å². The Morgan fingerprint density at radius 2 is 1.90 bits per heavy atom. The Kier molecular flexibility index (Phi) is 5.36. The van der Waals surface area contributed by atoms with Crippen molar-refractivity contribution < 1.29 is 23.1 Å². The monoisotopic (exact) mass is 435 g/mol. The summed E-state index contributed by atoms with van der Waals surface area (Å²) < 4.78 is 32.8. The maximum Gasteiger partial charge on any atom is 0.271 e. The Morgan fingerprint density at radius 3 is 2.40 bits per heavy atom. The van der Waals surface area contributed by atoms with Gasteiger partial charge in [-0.05, 0) is 37.3 Å². The number of nitrogens with one attached hydrogen (secondary N) is 1. The number of ether oxygens (including phenoxy) is 1. The minimum Gasteiger partial charge on any atom is -0.380 e. The lowest BCUT2D eigenvalue weighted by molar-refractivity contribution is -0.135. The number of carbonyl (C=O) groups excluding carboxylic acids is 2. The average Bonchev–Trinajstić information content (AvgIpc) is 2.97. The van der Waals surface area contributed by atoms with Gasteiger partial charge in [0.2, 0.25) is 5.91 Å². The summed E-state index contributed by atoms with van der Waals surface area (Å²) in [6.07, 6.45) is 1.94. The largest absolute Gasteiger partial charge is 0.380 e. The van der Waals surface area contributed by atoms with E-state index in [4.69, 9.17) is 4.74 Å². The van der Waals surface area contributed by atoms with Crippen LogP contribution in [0.3, 0.4) is 0 Å². The summed E-state index contributed by atoms with van der Waals surface area (Å²) in [5.74, 6) is -2.70. The highest BCUT2D eigenvalue weighted by Crippen LogP contribution is 2.40. The van der Waals surface area contributed by atoms with E-state index in [9.17, 15) is 18.4 Å². The summed E-state index contributed by atoms with van der Waals surface area (Å²) in [5, 5.41) is 3.21. The van der Waals surface area contributed by atoms with Crippen LogP contribution in [0.4, 0.5) is 19.6 Å². The highest BCUT2D eigenvalue weighted by molar-refractivity contribution is 7.16. The van der Waals surface area contributed by atoms with Gasteiger partial charge in [-0.1, -0.05) is 13.8 Å². The summed E-state index contributed by atoms with van der Waals surface area (Å²) in [6, 6.07) is 2.96. The maximum absolute atomic E-state index is 13.9. The van der Waals surface area contributed by atoms with Gasteiger partial charge < -0.3 is 10.1 Å². The quantitative estimate of drug-likeness (QED) is 0.772. The molecule has 0 radical (unpaired) electrons. The second kappa shape index (κ2) is 7.70. The van der Waals surface area contributed by atoms with Gasteiger partial charge in [0.25, 0.3) is 5.91 Å². The molecule has 1 aromatic carbocycles. The van der Waals surface area contributed by atoms with Crippen LogP contribution < -0.4 is 10.2 Å². The maximum atomic E-state index is 13.9.